The average molecular weight is 262 g/mol. The zero-order chi connectivity index (χ0) is 10.8. The molecule has 0 unspecified atom stereocenters. The van der Waals surface area contributed by atoms with Crippen LogP contribution in [0.1, 0.15) is 17.8 Å². The summed E-state index contributed by atoms with van der Waals surface area (Å²) in [6.07, 6.45) is 0.947. The lowest BCUT2D eigenvalue weighted by Gasteiger charge is -2.07. The van der Waals surface area contributed by atoms with Crippen molar-refractivity contribution in [2.75, 3.05) is 13.1 Å². The van der Waals surface area contributed by atoms with E-state index in [9.17, 15) is 4.21 Å². The third-order valence-electron chi connectivity index (χ3n) is 2.46. The SMILES string of the molecule is Cc1cc(C)nc([S@](=O)[C@H]2CCNC2)n1.Cl. The van der Waals surface area contributed by atoms with E-state index in [0.29, 0.717) is 5.16 Å². The molecule has 0 saturated carbocycles. The summed E-state index contributed by atoms with van der Waals surface area (Å²) in [5.74, 6) is 0. The molecule has 4 nitrogen and oxygen atoms in total. The summed E-state index contributed by atoms with van der Waals surface area (Å²) in [7, 11) is -1.06. The normalized spacial score (nSPS) is 21.5. The quantitative estimate of drug-likeness (QED) is 0.807. The van der Waals surface area contributed by atoms with Gasteiger partial charge >= 0.3 is 0 Å². The van der Waals surface area contributed by atoms with Crippen LogP contribution in [-0.2, 0) is 10.8 Å². The molecule has 2 rings (SSSR count). The standard InChI is InChI=1S/C10H15N3OS.ClH/c1-7-5-8(2)13-10(12-7)15(14)9-3-4-11-6-9;/h5,9,11H,3-4,6H2,1-2H3;1H/t9-,15+;/m0./s1. The fraction of sp³-hybridized carbons (Fsp3) is 0.600. The predicted octanol–water partition coefficient (Wildman–Crippen LogP) is 0.985. The Balaban J connectivity index is 0.00000128. The van der Waals surface area contributed by atoms with E-state index in [0.717, 1.165) is 30.9 Å². The van der Waals surface area contributed by atoms with Crippen LogP contribution in [0.3, 0.4) is 0 Å². The first-order valence-corrected chi connectivity index (χ1v) is 6.31. The predicted molar refractivity (Wildman–Crippen MR) is 66.4 cm³/mol. The van der Waals surface area contributed by atoms with Crippen molar-refractivity contribution >= 4 is 23.2 Å². The van der Waals surface area contributed by atoms with Gasteiger partial charge in [-0.1, -0.05) is 0 Å². The third kappa shape index (κ3) is 2.99. The number of halogens is 1. The minimum Gasteiger partial charge on any atom is -0.315 e. The molecule has 1 N–H and O–H groups in total. The number of hydrogen-bond donors (Lipinski definition) is 1. The van der Waals surface area contributed by atoms with Gasteiger partial charge in [0.05, 0.1) is 16.0 Å². The van der Waals surface area contributed by atoms with Crippen molar-refractivity contribution in [2.45, 2.75) is 30.7 Å². The first kappa shape index (κ1) is 13.5. The molecule has 6 heteroatoms. The molecular weight excluding hydrogens is 246 g/mol. The van der Waals surface area contributed by atoms with Crippen LogP contribution in [0.2, 0.25) is 0 Å². The molecule has 0 spiro atoms. The summed E-state index contributed by atoms with van der Waals surface area (Å²) in [6, 6.07) is 1.90. The van der Waals surface area contributed by atoms with E-state index in [1.165, 1.54) is 0 Å². The van der Waals surface area contributed by atoms with Crippen molar-refractivity contribution in [2.24, 2.45) is 0 Å². The van der Waals surface area contributed by atoms with Gasteiger partial charge in [-0.2, -0.15) is 0 Å². The molecule has 1 saturated heterocycles. The molecule has 1 aliphatic heterocycles. The molecule has 1 aromatic heterocycles. The smallest absolute Gasteiger partial charge is 0.219 e. The summed E-state index contributed by atoms with van der Waals surface area (Å²) in [5.41, 5.74) is 1.77. The van der Waals surface area contributed by atoms with Gasteiger partial charge in [-0.05, 0) is 32.9 Å². The lowest BCUT2D eigenvalue weighted by molar-refractivity contribution is 0.662. The largest absolute Gasteiger partial charge is 0.315 e. The van der Waals surface area contributed by atoms with E-state index in [4.69, 9.17) is 0 Å². The maximum absolute atomic E-state index is 12.1. The Bertz CT molecular complexity index is 373. The highest BCUT2D eigenvalue weighted by molar-refractivity contribution is 7.85. The number of nitrogens with zero attached hydrogens (tertiary/aromatic N) is 2. The van der Waals surface area contributed by atoms with Crippen LogP contribution in [0.5, 0.6) is 0 Å². The number of hydrogen-bond acceptors (Lipinski definition) is 4. The molecule has 90 valence electrons. The van der Waals surface area contributed by atoms with E-state index in [1.54, 1.807) is 0 Å². The second kappa shape index (κ2) is 5.70. The minimum absolute atomic E-state index is 0. The van der Waals surface area contributed by atoms with Crippen LogP contribution in [0.4, 0.5) is 0 Å². The molecule has 2 atom stereocenters. The van der Waals surface area contributed by atoms with Crippen molar-refractivity contribution in [1.29, 1.82) is 0 Å². The molecule has 1 aliphatic rings. The lowest BCUT2D eigenvalue weighted by Crippen LogP contribution is -2.20. The molecule has 0 amide bonds. The zero-order valence-electron chi connectivity index (χ0n) is 9.40. The molecule has 0 bridgehead atoms. The van der Waals surface area contributed by atoms with E-state index in [1.807, 2.05) is 19.9 Å². The van der Waals surface area contributed by atoms with Crippen molar-refractivity contribution in [3.63, 3.8) is 0 Å². The molecule has 0 radical (unpaired) electrons. The summed E-state index contributed by atoms with van der Waals surface area (Å²) >= 11 is 0. The van der Waals surface area contributed by atoms with Gasteiger partial charge in [-0.3, -0.25) is 4.21 Å². The highest BCUT2D eigenvalue weighted by Gasteiger charge is 2.24. The number of aromatic nitrogens is 2. The van der Waals surface area contributed by atoms with Crippen LogP contribution in [-0.4, -0.2) is 32.5 Å². The van der Waals surface area contributed by atoms with Crippen molar-refractivity contribution < 1.29 is 4.21 Å². The van der Waals surface area contributed by atoms with Crippen molar-refractivity contribution in [3.05, 3.63) is 17.5 Å². The fourth-order valence-electron chi connectivity index (χ4n) is 1.74. The van der Waals surface area contributed by atoms with E-state index >= 15 is 0 Å². The monoisotopic (exact) mass is 261 g/mol. The number of rotatable bonds is 2. The molecule has 0 aliphatic carbocycles. The molecule has 0 aromatic carbocycles. The highest BCUT2D eigenvalue weighted by Crippen LogP contribution is 2.13. The summed E-state index contributed by atoms with van der Waals surface area (Å²) in [4.78, 5) is 8.48. The average Bonchev–Trinajstić information content (AvgIpc) is 2.67. The van der Waals surface area contributed by atoms with E-state index < -0.39 is 10.8 Å². The maximum atomic E-state index is 12.1. The Morgan fingerprint density at radius 1 is 1.38 bits per heavy atom. The third-order valence-corrected chi connectivity index (χ3v) is 4.01. The van der Waals surface area contributed by atoms with Gasteiger partial charge in [0.25, 0.3) is 0 Å². The van der Waals surface area contributed by atoms with Crippen molar-refractivity contribution in [3.8, 4) is 0 Å². The second-order valence-corrected chi connectivity index (χ2v) is 5.47. The van der Waals surface area contributed by atoms with Gasteiger partial charge < -0.3 is 5.32 Å². The number of aryl methyl sites for hydroxylation is 2. The molecule has 1 aromatic rings. The van der Waals surface area contributed by atoms with Gasteiger partial charge in [0.15, 0.2) is 0 Å². The van der Waals surface area contributed by atoms with Crippen LogP contribution < -0.4 is 5.32 Å². The first-order valence-electron chi connectivity index (χ1n) is 5.10. The first-order chi connectivity index (χ1) is 7.16. The van der Waals surface area contributed by atoms with E-state index in [-0.39, 0.29) is 17.7 Å². The Kier molecular flexibility index (Phi) is 4.83. The second-order valence-electron chi connectivity index (χ2n) is 3.85. The molecular formula is C10H16ClN3OS. The topological polar surface area (TPSA) is 54.9 Å². The minimum atomic E-state index is -1.06. The summed E-state index contributed by atoms with van der Waals surface area (Å²) in [6.45, 7) is 5.56. The van der Waals surface area contributed by atoms with Gasteiger partial charge in [0.1, 0.15) is 0 Å². The van der Waals surface area contributed by atoms with Gasteiger partial charge in [-0.25, -0.2) is 9.97 Å². The van der Waals surface area contributed by atoms with Gasteiger partial charge in [-0.15, -0.1) is 12.4 Å². The number of nitrogens with one attached hydrogen (secondary N) is 1. The van der Waals surface area contributed by atoms with Crippen LogP contribution in [0.15, 0.2) is 11.2 Å². The summed E-state index contributed by atoms with van der Waals surface area (Å²) in [5, 5.41) is 3.86. The maximum Gasteiger partial charge on any atom is 0.219 e. The molecule has 1 fully saturated rings. The van der Waals surface area contributed by atoms with Gasteiger partial charge in [0, 0.05) is 17.9 Å². The molecule has 2 heterocycles. The van der Waals surface area contributed by atoms with Crippen molar-refractivity contribution in [1.82, 2.24) is 15.3 Å². The fourth-order valence-corrected chi connectivity index (χ4v) is 3.11. The van der Waals surface area contributed by atoms with Gasteiger partial charge in [0.2, 0.25) is 5.16 Å². The summed E-state index contributed by atoms with van der Waals surface area (Å²) < 4.78 is 12.1. The Hall–Kier alpha value is -0.520. The Morgan fingerprint density at radius 3 is 2.50 bits per heavy atom. The Labute approximate surface area is 104 Å². The molecule has 16 heavy (non-hydrogen) atoms. The zero-order valence-corrected chi connectivity index (χ0v) is 11.0. The van der Waals surface area contributed by atoms with E-state index in [2.05, 4.69) is 15.3 Å². The van der Waals surface area contributed by atoms with Crippen LogP contribution in [0.25, 0.3) is 0 Å². The van der Waals surface area contributed by atoms with Crippen LogP contribution >= 0.6 is 12.4 Å². The lowest BCUT2D eigenvalue weighted by atomic mass is 10.4. The highest BCUT2D eigenvalue weighted by atomic mass is 35.5. The Morgan fingerprint density at radius 2 is 2.00 bits per heavy atom. The van der Waals surface area contributed by atoms with Crippen LogP contribution in [0, 0.1) is 13.8 Å².